The average Bonchev–Trinajstić information content (AvgIpc) is 3.30. The van der Waals surface area contributed by atoms with Crippen molar-refractivity contribution in [1.82, 2.24) is 29.5 Å². The van der Waals surface area contributed by atoms with Gasteiger partial charge in [-0.05, 0) is 44.0 Å². The molecule has 0 bridgehead atoms. The van der Waals surface area contributed by atoms with Crippen molar-refractivity contribution in [3.8, 4) is 5.82 Å². The van der Waals surface area contributed by atoms with Gasteiger partial charge in [-0.25, -0.2) is 9.97 Å². The monoisotopic (exact) mass is 474 g/mol. The molecule has 0 aromatic carbocycles. The van der Waals surface area contributed by atoms with Crippen molar-refractivity contribution in [1.29, 1.82) is 0 Å². The number of carbonyl (C=O) groups is 1. The average molecular weight is 475 g/mol. The van der Waals surface area contributed by atoms with Gasteiger partial charge in [0.05, 0.1) is 18.3 Å². The molecule has 1 aliphatic carbocycles. The number of nitrogens with one attached hydrogen (secondary N) is 3. The normalized spacial score (nSPS) is 17.1. The number of ether oxygens (including phenoxy) is 1. The molecule has 5 rings (SSSR count). The summed E-state index contributed by atoms with van der Waals surface area (Å²) in [5, 5.41) is 13.5. The summed E-state index contributed by atoms with van der Waals surface area (Å²) >= 11 is 0. The van der Waals surface area contributed by atoms with Gasteiger partial charge in [0.25, 0.3) is 11.5 Å². The lowest BCUT2D eigenvalue weighted by Crippen LogP contribution is -2.51. The Bertz CT molecular complexity index is 1420. The summed E-state index contributed by atoms with van der Waals surface area (Å²) in [6.45, 7) is 2.55. The van der Waals surface area contributed by atoms with Crippen LogP contribution in [0.25, 0.3) is 11.5 Å². The van der Waals surface area contributed by atoms with E-state index in [2.05, 4.69) is 31.0 Å². The molecule has 35 heavy (non-hydrogen) atoms. The number of nitrogens with zero attached hydrogens (tertiary/aromatic N) is 5. The molecule has 0 saturated heterocycles. The predicted molar refractivity (Wildman–Crippen MR) is 132 cm³/mol. The standard InChI is InChI=1S/C24H26N8O3/c1-3-35-18-10-9-16(18)29-23(33)15-14-27-32-21(25-2)13-19(30-22(15)32)28-17-7-6-12-31(24(17)34)20-8-4-5-11-26-20/h4-8,11-14,16,18,25H,3,9-10H2,1-2H3,(H,28,30)(H,29,33)/t16?,18-/m1/s1. The molecule has 3 N–H and O–H groups in total. The van der Waals surface area contributed by atoms with Crippen LogP contribution in [0.5, 0.6) is 0 Å². The molecule has 1 amide bonds. The first kappa shape index (κ1) is 22.5. The number of pyridine rings is 2. The van der Waals surface area contributed by atoms with Crippen molar-refractivity contribution in [3.05, 3.63) is 70.9 Å². The highest BCUT2D eigenvalue weighted by atomic mass is 16.5. The van der Waals surface area contributed by atoms with Crippen molar-refractivity contribution in [2.45, 2.75) is 31.9 Å². The van der Waals surface area contributed by atoms with Crippen molar-refractivity contribution in [2.75, 3.05) is 24.3 Å². The fourth-order valence-electron chi connectivity index (χ4n) is 4.06. The van der Waals surface area contributed by atoms with Crippen molar-refractivity contribution < 1.29 is 9.53 Å². The lowest BCUT2D eigenvalue weighted by molar-refractivity contribution is -0.0180. The number of hydrogen-bond acceptors (Lipinski definition) is 8. The largest absolute Gasteiger partial charge is 0.376 e. The maximum atomic E-state index is 13.1. The first-order chi connectivity index (χ1) is 17.1. The van der Waals surface area contributed by atoms with Gasteiger partial charge in [-0.2, -0.15) is 9.61 Å². The van der Waals surface area contributed by atoms with Gasteiger partial charge in [0.2, 0.25) is 0 Å². The summed E-state index contributed by atoms with van der Waals surface area (Å²) in [4.78, 5) is 35.0. The third kappa shape index (κ3) is 4.33. The van der Waals surface area contributed by atoms with Crippen LogP contribution < -0.4 is 21.5 Å². The Hall–Kier alpha value is -4.25. The number of hydrogen-bond donors (Lipinski definition) is 3. The molecule has 1 saturated carbocycles. The molecule has 4 aromatic heterocycles. The minimum atomic E-state index is -0.280. The minimum absolute atomic E-state index is 0.0307. The van der Waals surface area contributed by atoms with E-state index in [-0.39, 0.29) is 23.6 Å². The maximum Gasteiger partial charge on any atom is 0.279 e. The smallest absolute Gasteiger partial charge is 0.279 e. The fourth-order valence-corrected chi connectivity index (χ4v) is 4.06. The van der Waals surface area contributed by atoms with Crippen LogP contribution >= 0.6 is 0 Å². The molecular formula is C24H26N8O3. The number of carbonyl (C=O) groups excluding carboxylic acids is 1. The third-order valence-corrected chi connectivity index (χ3v) is 5.99. The second-order valence-corrected chi connectivity index (χ2v) is 8.13. The number of aromatic nitrogens is 5. The second-order valence-electron chi connectivity index (χ2n) is 8.13. The van der Waals surface area contributed by atoms with Gasteiger partial charge in [-0.1, -0.05) is 6.07 Å². The van der Waals surface area contributed by atoms with Gasteiger partial charge in [0.15, 0.2) is 5.65 Å². The summed E-state index contributed by atoms with van der Waals surface area (Å²) in [7, 11) is 1.75. The topological polar surface area (TPSA) is 127 Å². The number of anilines is 3. The van der Waals surface area contributed by atoms with Crippen LogP contribution in [0.4, 0.5) is 17.3 Å². The van der Waals surface area contributed by atoms with E-state index in [1.807, 2.05) is 13.0 Å². The van der Waals surface area contributed by atoms with Gasteiger partial charge in [0.1, 0.15) is 28.7 Å². The highest BCUT2D eigenvalue weighted by molar-refractivity contribution is 6.00. The summed E-state index contributed by atoms with van der Waals surface area (Å²) < 4.78 is 8.67. The Kier molecular flexibility index (Phi) is 6.15. The zero-order valence-corrected chi connectivity index (χ0v) is 19.4. The predicted octanol–water partition coefficient (Wildman–Crippen LogP) is 2.36. The van der Waals surface area contributed by atoms with E-state index in [1.54, 1.807) is 54.3 Å². The molecule has 1 unspecified atom stereocenters. The lowest BCUT2D eigenvalue weighted by Gasteiger charge is -2.36. The van der Waals surface area contributed by atoms with E-state index in [4.69, 9.17) is 4.74 Å². The Morgan fingerprint density at radius 2 is 2.11 bits per heavy atom. The first-order valence-corrected chi connectivity index (χ1v) is 11.5. The van der Waals surface area contributed by atoms with Crippen molar-refractivity contribution in [3.63, 3.8) is 0 Å². The van der Waals surface area contributed by atoms with Crippen molar-refractivity contribution in [2.24, 2.45) is 0 Å². The van der Waals surface area contributed by atoms with Crippen molar-refractivity contribution >= 4 is 28.9 Å². The first-order valence-electron chi connectivity index (χ1n) is 11.5. The van der Waals surface area contributed by atoms with Crippen LogP contribution in [0, 0.1) is 0 Å². The second kappa shape index (κ2) is 9.55. The SMILES string of the molecule is CCO[C@@H]1CCC1NC(=O)c1cnn2c(NC)cc(Nc3cccn(-c4ccccn4)c3=O)nc12. The molecule has 11 heteroatoms. The van der Waals surface area contributed by atoms with Gasteiger partial charge in [-0.15, -0.1) is 0 Å². The van der Waals surface area contributed by atoms with E-state index in [0.29, 0.717) is 41.0 Å². The Balaban J connectivity index is 1.46. The Labute approximate surface area is 201 Å². The third-order valence-electron chi connectivity index (χ3n) is 5.99. The summed E-state index contributed by atoms with van der Waals surface area (Å²) in [5.41, 5.74) is 0.741. The molecule has 4 aromatic rings. The summed E-state index contributed by atoms with van der Waals surface area (Å²) in [5.74, 6) is 1.24. The highest BCUT2D eigenvalue weighted by Gasteiger charge is 2.33. The van der Waals surface area contributed by atoms with Gasteiger partial charge in [-0.3, -0.25) is 14.2 Å². The van der Waals surface area contributed by atoms with E-state index in [9.17, 15) is 9.59 Å². The van der Waals surface area contributed by atoms with E-state index in [0.717, 1.165) is 12.8 Å². The number of rotatable bonds is 8. The molecule has 0 radical (unpaired) electrons. The van der Waals surface area contributed by atoms with Crippen LogP contribution in [0.1, 0.15) is 30.1 Å². The molecule has 11 nitrogen and oxygen atoms in total. The molecule has 180 valence electrons. The lowest BCUT2D eigenvalue weighted by atomic mass is 9.89. The highest BCUT2D eigenvalue weighted by Crippen LogP contribution is 2.25. The molecule has 4 heterocycles. The molecule has 2 atom stereocenters. The minimum Gasteiger partial charge on any atom is -0.376 e. The van der Waals surface area contributed by atoms with Gasteiger partial charge >= 0.3 is 0 Å². The molecular weight excluding hydrogens is 448 g/mol. The van der Waals surface area contributed by atoms with Gasteiger partial charge < -0.3 is 20.7 Å². The van der Waals surface area contributed by atoms with Crippen LogP contribution in [0.15, 0.2) is 59.8 Å². The number of amides is 1. The molecule has 1 aliphatic rings. The maximum absolute atomic E-state index is 13.1. The van der Waals surface area contributed by atoms with E-state index < -0.39 is 0 Å². The fraction of sp³-hybridized carbons (Fsp3) is 0.292. The quantitative estimate of drug-likeness (QED) is 0.355. The van der Waals surface area contributed by atoms with Crippen LogP contribution in [-0.4, -0.2) is 55.9 Å². The Morgan fingerprint density at radius 1 is 1.23 bits per heavy atom. The number of fused-ring (bicyclic) bond motifs is 1. The zero-order valence-electron chi connectivity index (χ0n) is 19.4. The van der Waals surface area contributed by atoms with Crippen LogP contribution in [0.3, 0.4) is 0 Å². The van der Waals surface area contributed by atoms with E-state index in [1.165, 1.54) is 10.8 Å². The molecule has 0 spiro atoms. The van der Waals surface area contributed by atoms with E-state index >= 15 is 0 Å². The summed E-state index contributed by atoms with van der Waals surface area (Å²) in [6, 6.07) is 10.5. The molecule has 0 aliphatic heterocycles. The molecule has 1 fully saturated rings. The summed E-state index contributed by atoms with van der Waals surface area (Å²) in [6.07, 6.45) is 6.60. The van der Waals surface area contributed by atoms with Gasteiger partial charge in [0, 0.05) is 32.1 Å². The Morgan fingerprint density at radius 3 is 2.83 bits per heavy atom. The van der Waals surface area contributed by atoms with Crippen LogP contribution in [0.2, 0.25) is 0 Å². The van der Waals surface area contributed by atoms with Crippen LogP contribution in [-0.2, 0) is 4.74 Å². The zero-order chi connectivity index (χ0) is 24.4.